The first-order chi connectivity index (χ1) is 14.3. The molecule has 154 valence electrons. The maximum absolute atomic E-state index is 13.0. The summed E-state index contributed by atoms with van der Waals surface area (Å²) in [7, 11) is 1.42. The van der Waals surface area contributed by atoms with Crippen LogP contribution in [0.2, 0.25) is 5.02 Å². The van der Waals surface area contributed by atoms with Crippen molar-refractivity contribution in [2.24, 2.45) is 0 Å². The Bertz CT molecular complexity index is 1170. The molecule has 7 nitrogen and oxygen atoms in total. The van der Waals surface area contributed by atoms with Crippen molar-refractivity contribution in [1.29, 1.82) is 0 Å². The van der Waals surface area contributed by atoms with Crippen LogP contribution >= 0.6 is 11.6 Å². The van der Waals surface area contributed by atoms with Crippen LogP contribution in [0.1, 0.15) is 21.5 Å². The van der Waals surface area contributed by atoms with Crippen LogP contribution in [-0.2, 0) is 11.3 Å². The van der Waals surface area contributed by atoms with Crippen LogP contribution in [0.25, 0.3) is 11.4 Å². The summed E-state index contributed by atoms with van der Waals surface area (Å²) in [6, 6.07) is 12.4. The molecule has 2 N–H and O–H groups in total. The number of hydrogen-bond donors (Lipinski definition) is 2. The lowest BCUT2D eigenvalue weighted by Gasteiger charge is -2.14. The third-order valence-electron chi connectivity index (χ3n) is 4.58. The topological polar surface area (TPSA) is 93.1 Å². The largest absolute Gasteiger partial charge is 0.355 e. The molecule has 0 saturated carbocycles. The second-order valence-corrected chi connectivity index (χ2v) is 7.28. The summed E-state index contributed by atoms with van der Waals surface area (Å²) in [5.41, 5.74) is 2.49. The molecule has 0 aliphatic rings. The normalized spacial score (nSPS) is 10.5. The van der Waals surface area contributed by atoms with E-state index in [0.29, 0.717) is 16.3 Å². The van der Waals surface area contributed by atoms with Crippen molar-refractivity contribution in [2.75, 3.05) is 12.4 Å². The second-order valence-electron chi connectivity index (χ2n) is 6.84. The summed E-state index contributed by atoms with van der Waals surface area (Å²) in [6.45, 7) is 3.55. The van der Waals surface area contributed by atoms with Gasteiger partial charge in [0.05, 0.1) is 0 Å². The quantitative estimate of drug-likeness (QED) is 0.657. The van der Waals surface area contributed by atoms with Crippen molar-refractivity contribution in [1.82, 2.24) is 14.9 Å². The molecule has 0 atom stereocenters. The summed E-state index contributed by atoms with van der Waals surface area (Å²) in [5.74, 6) is -0.714. The fourth-order valence-electron chi connectivity index (χ4n) is 3.05. The van der Waals surface area contributed by atoms with Gasteiger partial charge in [-0.15, -0.1) is 0 Å². The highest BCUT2D eigenvalue weighted by Gasteiger charge is 2.19. The van der Waals surface area contributed by atoms with Crippen molar-refractivity contribution < 1.29 is 9.59 Å². The van der Waals surface area contributed by atoms with E-state index in [9.17, 15) is 14.4 Å². The lowest BCUT2D eigenvalue weighted by atomic mass is 10.1. The number of nitrogens with zero attached hydrogens (tertiary/aromatic N) is 2. The lowest BCUT2D eigenvalue weighted by molar-refractivity contribution is -0.116. The van der Waals surface area contributed by atoms with Gasteiger partial charge in [0, 0.05) is 29.5 Å². The third-order valence-corrected chi connectivity index (χ3v) is 4.83. The van der Waals surface area contributed by atoms with E-state index in [4.69, 9.17) is 11.6 Å². The van der Waals surface area contributed by atoms with Crippen molar-refractivity contribution in [3.63, 3.8) is 0 Å². The van der Waals surface area contributed by atoms with Gasteiger partial charge < -0.3 is 10.6 Å². The van der Waals surface area contributed by atoms with E-state index < -0.39 is 17.4 Å². The fraction of sp³-hybridized carbons (Fsp3) is 0.182. The number of aromatic nitrogens is 2. The number of nitrogens with one attached hydrogen (secondary N) is 2. The number of carbonyl (C=O) groups excluding carboxylic acids is 2. The minimum Gasteiger partial charge on any atom is -0.355 e. The van der Waals surface area contributed by atoms with Crippen LogP contribution in [0, 0.1) is 13.8 Å². The van der Waals surface area contributed by atoms with Crippen LogP contribution in [0.4, 0.5) is 5.69 Å². The molecular weight excluding hydrogens is 404 g/mol. The molecule has 0 spiro atoms. The van der Waals surface area contributed by atoms with Crippen LogP contribution in [0.3, 0.4) is 0 Å². The minimum absolute atomic E-state index is 0.144. The van der Waals surface area contributed by atoms with Gasteiger partial charge in [0.15, 0.2) is 0 Å². The fourth-order valence-corrected chi connectivity index (χ4v) is 3.17. The first-order valence-corrected chi connectivity index (χ1v) is 9.63. The molecule has 1 heterocycles. The zero-order valence-electron chi connectivity index (χ0n) is 16.8. The van der Waals surface area contributed by atoms with Gasteiger partial charge >= 0.3 is 0 Å². The van der Waals surface area contributed by atoms with E-state index in [-0.39, 0.29) is 17.9 Å². The molecule has 8 heteroatoms. The Morgan fingerprint density at radius 1 is 1.10 bits per heavy atom. The molecule has 0 aliphatic heterocycles. The van der Waals surface area contributed by atoms with Gasteiger partial charge in [0.2, 0.25) is 5.91 Å². The number of aryl methyl sites for hydroxylation is 2. The Balaban J connectivity index is 2.01. The number of halogens is 1. The van der Waals surface area contributed by atoms with Gasteiger partial charge in [-0.1, -0.05) is 29.3 Å². The van der Waals surface area contributed by atoms with Gasteiger partial charge in [-0.25, -0.2) is 4.98 Å². The highest BCUT2D eigenvalue weighted by molar-refractivity contribution is 6.30. The molecule has 30 heavy (non-hydrogen) atoms. The minimum atomic E-state index is -0.606. The van der Waals surface area contributed by atoms with Crippen LogP contribution < -0.4 is 16.2 Å². The van der Waals surface area contributed by atoms with E-state index in [0.717, 1.165) is 11.1 Å². The molecular formula is C22H21ClN4O3. The molecule has 0 unspecified atom stereocenters. The Labute approximate surface area is 178 Å². The first kappa shape index (κ1) is 21.3. The van der Waals surface area contributed by atoms with Crippen LogP contribution in [0.5, 0.6) is 0 Å². The Kier molecular flexibility index (Phi) is 6.32. The average molecular weight is 425 g/mol. The smallest absolute Gasteiger partial charge is 0.267 e. The predicted octanol–water partition coefficient (Wildman–Crippen LogP) is 3.18. The summed E-state index contributed by atoms with van der Waals surface area (Å²) in [4.78, 5) is 42.1. The van der Waals surface area contributed by atoms with Gasteiger partial charge in [0.25, 0.3) is 11.5 Å². The summed E-state index contributed by atoms with van der Waals surface area (Å²) < 4.78 is 1.19. The van der Waals surface area contributed by atoms with E-state index in [1.807, 2.05) is 32.0 Å². The van der Waals surface area contributed by atoms with Crippen LogP contribution in [-0.4, -0.2) is 28.4 Å². The number of amides is 2. The van der Waals surface area contributed by atoms with Gasteiger partial charge in [-0.2, -0.15) is 0 Å². The summed E-state index contributed by atoms with van der Waals surface area (Å²) >= 11 is 5.95. The molecule has 3 rings (SSSR count). The standard InChI is InChI=1S/C22H21ClN4O3/c1-13-4-9-18(14(2)10-13)26-19(28)12-27-20(15-5-7-16(23)8-6-15)25-11-17(22(27)30)21(29)24-3/h4-11H,12H2,1-3H3,(H,24,29)(H,26,28). The Morgan fingerprint density at radius 2 is 1.80 bits per heavy atom. The van der Waals surface area contributed by atoms with Crippen molar-refractivity contribution >= 4 is 29.1 Å². The highest BCUT2D eigenvalue weighted by atomic mass is 35.5. The maximum Gasteiger partial charge on any atom is 0.267 e. The molecule has 2 aromatic carbocycles. The molecule has 2 amide bonds. The predicted molar refractivity (Wildman–Crippen MR) is 117 cm³/mol. The first-order valence-electron chi connectivity index (χ1n) is 9.25. The van der Waals surface area contributed by atoms with E-state index >= 15 is 0 Å². The van der Waals surface area contributed by atoms with Crippen molar-refractivity contribution in [3.05, 3.63) is 80.7 Å². The Hall–Kier alpha value is -3.45. The van der Waals surface area contributed by atoms with E-state index in [1.165, 1.54) is 17.8 Å². The number of carbonyl (C=O) groups is 2. The molecule has 0 bridgehead atoms. The van der Waals surface area contributed by atoms with Crippen LogP contribution in [0.15, 0.2) is 53.5 Å². The van der Waals surface area contributed by atoms with Crippen molar-refractivity contribution in [2.45, 2.75) is 20.4 Å². The van der Waals surface area contributed by atoms with E-state index in [2.05, 4.69) is 15.6 Å². The zero-order chi connectivity index (χ0) is 21.8. The number of anilines is 1. The number of rotatable bonds is 5. The zero-order valence-corrected chi connectivity index (χ0v) is 17.6. The van der Waals surface area contributed by atoms with Gasteiger partial charge in [-0.3, -0.25) is 19.0 Å². The van der Waals surface area contributed by atoms with Crippen molar-refractivity contribution in [3.8, 4) is 11.4 Å². The Morgan fingerprint density at radius 3 is 2.43 bits per heavy atom. The highest BCUT2D eigenvalue weighted by Crippen LogP contribution is 2.20. The number of hydrogen-bond acceptors (Lipinski definition) is 4. The SMILES string of the molecule is CNC(=O)c1cnc(-c2ccc(Cl)cc2)n(CC(=O)Nc2ccc(C)cc2C)c1=O. The lowest BCUT2D eigenvalue weighted by Crippen LogP contribution is -2.35. The average Bonchev–Trinajstić information content (AvgIpc) is 2.72. The second kappa shape index (κ2) is 8.92. The third kappa shape index (κ3) is 4.58. The molecule has 1 aromatic heterocycles. The molecule has 3 aromatic rings. The number of benzene rings is 2. The van der Waals surface area contributed by atoms with Gasteiger partial charge in [-0.05, 0) is 49.7 Å². The molecule has 0 aliphatic carbocycles. The van der Waals surface area contributed by atoms with E-state index in [1.54, 1.807) is 24.3 Å². The summed E-state index contributed by atoms with van der Waals surface area (Å²) in [6.07, 6.45) is 1.21. The molecule has 0 radical (unpaired) electrons. The monoisotopic (exact) mass is 424 g/mol. The molecule has 0 fully saturated rings. The maximum atomic E-state index is 13.0. The summed E-state index contributed by atoms with van der Waals surface area (Å²) in [5, 5.41) is 5.76. The molecule has 0 saturated heterocycles. The van der Waals surface area contributed by atoms with Gasteiger partial charge in [0.1, 0.15) is 17.9 Å².